The molecular formula is C12H14F3NO2. The molecule has 100 valence electrons. The molecule has 0 saturated carbocycles. The number of hydrogen-bond acceptors (Lipinski definition) is 2. The lowest BCUT2D eigenvalue weighted by Gasteiger charge is -2.10. The summed E-state index contributed by atoms with van der Waals surface area (Å²) in [6.07, 6.45) is -5.64. The predicted octanol–water partition coefficient (Wildman–Crippen LogP) is 3.92. The fourth-order valence-corrected chi connectivity index (χ4v) is 1.25. The van der Waals surface area contributed by atoms with Gasteiger partial charge in [-0.2, -0.15) is 13.2 Å². The third-order valence-corrected chi connectivity index (χ3v) is 2.19. The molecule has 0 aliphatic carbocycles. The molecule has 1 amide bonds. The van der Waals surface area contributed by atoms with E-state index in [1.165, 1.54) is 0 Å². The van der Waals surface area contributed by atoms with Gasteiger partial charge in [0.15, 0.2) is 6.61 Å². The van der Waals surface area contributed by atoms with Crippen molar-refractivity contribution in [1.29, 1.82) is 0 Å². The van der Waals surface area contributed by atoms with E-state index >= 15 is 0 Å². The summed E-state index contributed by atoms with van der Waals surface area (Å²) in [6, 6.07) is 6.82. The molecule has 1 rings (SSSR count). The van der Waals surface area contributed by atoms with E-state index in [9.17, 15) is 18.0 Å². The van der Waals surface area contributed by atoms with Crippen molar-refractivity contribution in [2.45, 2.75) is 25.9 Å². The first kappa shape index (κ1) is 14.3. The largest absolute Gasteiger partial charge is 0.440 e. The van der Waals surface area contributed by atoms with Crippen LogP contribution in [0.25, 0.3) is 0 Å². The van der Waals surface area contributed by atoms with Gasteiger partial charge in [-0.25, -0.2) is 4.79 Å². The van der Waals surface area contributed by atoms with Crippen LogP contribution in [-0.4, -0.2) is 18.9 Å². The molecule has 0 radical (unpaired) electrons. The summed E-state index contributed by atoms with van der Waals surface area (Å²) in [6.45, 7) is 2.43. The molecule has 1 N–H and O–H groups in total. The maximum absolute atomic E-state index is 11.8. The summed E-state index contributed by atoms with van der Waals surface area (Å²) in [7, 11) is 0. The number of ether oxygens (including phenoxy) is 1. The topological polar surface area (TPSA) is 38.3 Å². The fourth-order valence-electron chi connectivity index (χ4n) is 1.25. The molecule has 0 aliphatic heterocycles. The number of benzene rings is 1. The van der Waals surface area contributed by atoms with Gasteiger partial charge in [-0.05, 0) is 23.6 Å². The summed E-state index contributed by atoms with van der Waals surface area (Å²) in [5.41, 5.74) is 1.47. The molecule has 0 atom stereocenters. The van der Waals surface area contributed by atoms with Crippen LogP contribution in [0.15, 0.2) is 24.3 Å². The van der Waals surface area contributed by atoms with Crippen LogP contribution in [0.1, 0.15) is 25.3 Å². The van der Waals surface area contributed by atoms with Crippen molar-refractivity contribution in [3.63, 3.8) is 0 Å². The highest BCUT2D eigenvalue weighted by molar-refractivity contribution is 5.84. The molecule has 0 bridgehead atoms. The summed E-state index contributed by atoms with van der Waals surface area (Å²) in [4.78, 5) is 11.0. The first-order valence-corrected chi connectivity index (χ1v) is 5.38. The van der Waals surface area contributed by atoms with Crippen molar-refractivity contribution in [1.82, 2.24) is 0 Å². The zero-order valence-corrected chi connectivity index (χ0v) is 10.0. The molecular weight excluding hydrogens is 247 g/mol. The number of alkyl halides is 3. The first-order chi connectivity index (χ1) is 8.28. The Morgan fingerprint density at radius 3 is 2.28 bits per heavy atom. The summed E-state index contributed by atoms with van der Waals surface area (Å²) < 4.78 is 39.4. The van der Waals surface area contributed by atoms with Crippen molar-refractivity contribution in [3.05, 3.63) is 29.8 Å². The normalized spacial score (nSPS) is 11.4. The van der Waals surface area contributed by atoms with Gasteiger partial charge in [0.05, 0.1) is 0 Å². The van der Waals surface area contributed by atoms with Crippen LogP contribution in [0.3, 0.4) is 0 Å². The molecule has 0 spiro atoms. The van der Waals surface area contributed by atoms with Gasteiger partial charge >= 0.3 is 12.3 Å². The third-order valence-electron chi connectivity index (χ3n) is 2.19. The van der Waals surface area contributed by atoms with Crippen LogP contribution in [0.2, 0.25) is 0 Å². The molecule has 0 aliphatic rings. The van der Waals surface area contributed by atoms with Crippen LogP contribution in [0.5, 0.6) is 0 Å². The van der Waals surface area contributed by atoms with Crippen molar-refractivity contribution in [2.75, 3.05) is 11.9 Å². The van der Waals surface area contributed by atoms with Gasteiger partial charge in [0.1, 0.15) is 0 Å². The number of nitrogens with one attached hydrogen (secondary N) is 1. The van der Waals surface area contributed by atoms with Crippen LogP contribution in [-0.2, 0) is 4.74 Å². The summed E-state index contributed by atoms with van der Waals surface area (Å²) >= 11 is 0. The molecule has 18 heavy (non-hydrogen) atoms. The van der Waals surface area contributed by atoms with Crippen LogP contribution >= 0.6 is 0 Å². The fraction of sp³-hybridized carbons (Fsp3) is 0.417. The van der Waals surface area contributed by atoms with Crippen molar-refractivity contribution in [2.24, 2.45) is 0 Å². The van der Waals surface area contributed by atoms with E-state index in [2.05, 4.69) is 10.1 Å². The van der Waals surface area contributed by atoms with E-state index in [-0.39, 0.29) is 0 Å². The molecule has 1 aromatic carbocycles. The van der Waals surface area contributed by atoms with Crippen LogP contribution in [0.4, 0.5) is 23.7 Å². The van der Waals surface area contributed by atoms with Gasteiger partial charge in [-0.3, -0.25) is 5.32 Å². The van der Waals surface area contributed by atoms with Gasteiger partial charge in [0, 0.05) is 5.69 Å². The number of amides is 1. The van der Waals surface area contributed by atoms with E-state index < -0.39 is 18.9 Å². The minimum absolute atomic E-state index is 0.344. The Bertz CT molecular complexity index is 399. The Morgan fingerprint density at radius 2 is 1.83 bits per heavy atom. The Kier molecular flexibility index (Phi) is 4.58. The average Bonchev–Trinajstić information content (AvgIpc) is 2.26. The molecule has 0 heterocycles. The number of halogens is 3. The second kappa shape index (κ2) is 5.75. The maximum atomic E-state index is 11.8. The monoisotopic (exact) mass is 261 g/mol. The molecule has 0 fully saturated rings. The number of carbonyl (C=O) groups excluding carboxylic acids is 1. The Labute approximate surface area is 103 Å². The molecule has 0 aromatic heterocycles. The SMILES string of the molecule is CC(C)c1ccc(NC(=O)OCC(F)(F)F)cc1. The van der Waals surface area contributed by atoms with E-state index in [1.807, 2.05) is 13.8 Å². The molecule has 0 unspecified atom stereocenters. The predicted molar refractivity (Wildman–Crippen MR) is 61.6 cm³/mol. The first-order valence-electron chi connectivity index (χ1n) is 5.38. The van der Waals surface area contributed by atoms with Gasteiger partial charge in [-0.15, -0.1) is 0 Å². The van der Waals surface area contributed by atoms with Gasteiger partial charge in [-0.1, -0.05) is 26.0 Å². The van der Waals surface area contributed by atoms with Gasteiger partial charge in [0.25, 0.3) is 0 Å². The Balaban J connectivity index is 2.50. The lowest BCUT2D eigenvalue weighted by atomic mass is 10.0. The van der Waals surface area contributed by atoms with Crippen molar-refractivity contribution in [3.8, 4) is 0 Å². The average molecular weight is 261 g/mol. The highest BCUT2D eigenvalue weighted by Gasteiger charge is 2.29. The second-order valence-corrected chi connectivity index (χ2v) is 4.09. The van der Waals surface area contributed by atoms with Crippen LogP contribution in [0, 0.1) is 0 Å². The van der Waals surface area contributed by atoms with E-state index in [0.29, 0.717) is 11.6 Å². The molecule has 1 aromatic rings. The smallest absolute Gasteiger partial charge is 0.422 e. The highest BCUT2D eigenvalue weighted by atomic mass is 19.4. The quantitative estimate of drug-likeness (QED) is 0.895. The Hall–Kier alpha value is -1.72. The van der Waals surface area contributed by atoms with Crippen molar-refractivity contribution < 1.29 is 22.7 Å². The minimum atomic E-state index is -4.52. The lowest BCUT2D eigenvalue weighted by Crippen LogP contribution is -2.23. The summed E-state index contributed by atoms with van der Waals surface area (Å²) in [5.74, 6) is 0.344. The van der Waals surface area contributed by atoms with Gasteiger partial charge in [0.2, 0.25) is 0 Å². The lowest BCUT2D eigenvalue weighted by molar-refractivity contribution is -0.159. The highest BCUT2D eigenvalue weighted by Crippen LogP contribution is 2.18. The zero-order valence-electron chi connectivity index (χ0n) is 10.0. The van der Waals surface area contributed by atoms with E-state index in [4.69, 9.17) is 0 Å². The Morgan fingerprint density at radius 1 is 1.28 bits per heavy atom. The van der Waals surface area contributed by atoms with Crippen LogP contribution < -0.4 is 5.32 Å². The number of hydrogen-bond donors (Lipinski definition) is 1. The van der Waals surface area contributed by atoms with E-state index in [0.717, 1.165) is 5.56 Å². The second-order valence-electron chi connectivity index (χ2n) is 4.09. The minimum Gasteiger partial charge on any atom is -0.440 e. The standard InChI is InChI=1S/C12H14F3NO2/c1-8(2)9-3-5-10(6-4-9)16-11(17)18-7-12(13,14)15/h3-6,8H,7H2,1-2H3,(H,16,17). The number of rotatable bonds is 3. The van der Waals surface area contributed by atoms with Gasteiger partial charge < -0.3 is 4.74 Å². The summed E-state index contributed by atoms with van der Waals surface area (Å²) in [5, 5.41) is 2.22. The molecule has 6 heteroatoms. The zero-order chi connectivity index (χ0) is 13.8. The maximum Gasteiger partial charge on any atom is 0.422 e. The van der Waals surface area contributed by atoms with E-state index in [1.54, 1.807) is 24.3 Å². The number of anilines is 1. The molecule has 0 saturated heterocycles. The third kappa shape index (κ3) is 5.07. The van der Waals surface area contributed by atoms with Crippen molar-refractivity contribution >= 4 is 11.8 Å². The number of carbonyl (C=O) groups is 1. The molecule has 3 nitrogen and oxygen atoms in total.